The molecule has 1 atom stereocenters. The lowest BCUT2D eigenvalue weighted by Crippen LogP contribution is -2.42. The normalized spacial score (nSPS) is 25.6. The van der Waals surface area contributed by atoms with Gasteiger partial charge >= 0.3 is 0 Å². The third-order valence-electron chi connectivity index (χ3n) is 2.41. The van der Waals surface area contributed by atoms with Crippen LogP contribution in [0, 0.1) is 5.92 Å². The van der Waals surface area contributed by atoms with Crippen molar-refractivity contribution in [2.45, 2.75) is 19.3 Å². The number of amidine groups is 1. The molecule has 0 aromatic rings. The number of nitrogens with two attached hydrogens (primary N) is 1. The highest BCUT2D eigenvalue weighted by Gasteiger charge is 2.27. The molecule has 0 bridgehead atoms. The highest BCUT2D eigenvalue weighted by molar-refractivity contribution is 5.81. The fourth-order valence-corrected chi connectivity index (χ4v) is 1.70. The summed E-state index contributed by atoms with van der Waals surface area (Å²) in [6.45, 7) is 1.33. The van der Waals surface area contributed by atoms with Crippen molar-refractivity contribution >= 4 is 5.84 Å². The van der Waals surface area contributed by atoms with Crippen molar-refractivity contribution in [1.82, 2.24) is 4.90 Å². The van der Waals surface area contributed by atoms with Crippen molar-refractivity contribution < 1.29 is 14.0 Å². The van der Waals surface area contributed by atoms with Gasteiger partial charge in [-0.15, -0.1) is 0 Å². The van der Waals surface area contributed by atoms with Gasteiger partial charge in [-0.25, -0.2) is 8.78 Å². The molecule has 14 heavy (non-hydrogen) atoms. The molecule has 1 saturated heterocycles. The van der Waals surface area contributed by atoms with E-state index in [2.05, 4.69) is 5.16 Å². The first-order valence-corrected chi connectivity index (χ1v) is 4.60. The molecule has 0 aromatic carbocycles. The molecule has 1 rings (SSSR count). The molecule has 3 N–H and O–H groups in total. The van der Waals surface area contributed by atoms with Crippen LogP contribution in [-0.4, -0.2) is 42.0 Å². The zero-order valence-electron chi connectivity index (χ0n) is 7.87. The average Bonchev–Trinajstić information content (AvgIpc) is 2.18. The predicted octanol–water partition coefficient (Wildman–Crippen LogP) is 0.710. The second-order valence-corrected chi connectivity index (χ2v) is 3.56. The molecule has 0 radical (unpaired) electrons. The molecule has 0 saturated carbocycles. The lowest BCUT2D eigenvalue weighted by Gasteiger charge is -2.31. The van der Waals surface area contributed by atoms with E-state index in [1.54, 1.807) is 4.90 Å². The summed E-state index contributed by atoms with van der Waals surface area (Å²) < 4.78 is 24.8. The Kier molecular flexibility index (Phi) is 4.06. The summed E-state index contributed by atoms with van der Waals surface area (Å²) >= 11 is 0. The molecule has 1 aliphatic rings. The Labute approximate surface area is 81.4 Å². The molecule has 1 fully saturated rings. The van der Waals surface area contributed by atoms with Crippen LogP contribution in [0.3, 0.4) is 0 Å². The Balaban J connectivity index is 2.40. The smallest absolute Gasteiger partial charge is 0.242 e. The number of nitrogens with zero attached hydrogens (tertiary/aromatic N) is 2. The molecule has 0 aliphatic carbocycles. The molecule has 82 valence electrons. The van der Waals surface area contributed by atoms with Crippen LogP contribution in [0.15, 0.2) is 5.16 Å². The van der Waals surface area contributed by atoms with E-state index in [1.807, 2.05) is 0 Å². The first-order chi connectivity index (χ1) is 6.63. The summed E-state index contributed by atoms with van der Waals surface area (Å²) in [4.78, 5) is 1.79. The van der Waals surface area contributed by atoms with Gasteiger partial charge < -0.3 is 10.9 Å². The average molecular weight is 207 g/mol. The standard InChI is InChI=1S/C8H15F2N3O/c9-8(10)6-2-1-3-13(4-6)5-7(11)12-14/h6,8,14H,1-5H2,(H2,11,12)/t6-/m1/s1. The molecule has 1 heterocycles. The molecule has 4 nitrogen and oxygen atoms in total. The zero-order valence-corrected chi connectivity index (χ0v) is 7.87. The van der Waals surface area contributed by atoms with Crippen LogP contribution < -0.4 is 5.73 Å². The molecular weight excluding hydrogens is 192 g/mol. The van der Waals surface area contributed by atoms with Crippen molar-refractivity contribution in [2.24, 2.45) is 16.8 Å². The lowest BCUT2D eigenvalue weighted by atomic mass is 9.99. The first-order valence-electron chi connectivity index (χ1n) is 4.60. The number of oxime groups is 1. The maximum absolute atomic E-state index is 12.4. The second kappa shape index (κ2) is 5.09. The van der Waals surface area contributed by atoms with Gasteiger partial charge in [0.05, 0.1) is 6.54 Å². The van der Waals surface area contributed by atoms with Crippen molar-refractivity contribution in [3.63, 3.8) is 0 Å². The van der Waals surface area contributed by atoms with Crippen LogP contribution in [0.25, 0.3) is 0 Å². The van der Waals surface area contributed by atoms with E-state index in [1.165, 1.54) is 0 Å². The van der Waals surface area contributed by atoms with Gasteiger partial charge in [0, 0.05) is 12.5 Å². The summed E-state index contributed by atoms with van der Waals surface area (Å²) in [6, 6.07) is 0. The second-order valence-electron chi connectivity index (χ2n) is 3.56. The van der Waals surface area contributed by atoms with E-state index in [0.717, 1.165) is 13.0 Å². The molecule has 0 aromatic heterocycles. The Bertz CT molecular complexity index is 211. The summed E-state index contributed by atoms with van der Waals surface area (Å²) in [5.41, 5.74) is 5.30. The van der Waals surface area contributed by atoms with Crippen molar-refractivity contribution in [1.29, 1.82) is 0 Å². The Morgan fingerprint density at radius 1 is 1.64 bits per heavy atom. The topological polar surface area (TPSA) is 61.8 Å². The van der Waals surface area contributed by atoms with Crippen molar-refractivity contribution in [3.05, 3.63) is 0 Å². The van der Waals surface area contributed by atoms with E-state index in [-0.39, 0.29) is 12.4 Å². The number of hydrogen-bond acceptors (Lipinski definition) is 3. The molecule has 0 spiro atoms. The van der Waals surface area contributed by atoms with Gasteiger partial charge in [-0.3, -0.25) is 4.90 Å². The lowest BCUT2D eigenvalue weighted by molar-refractivity contribution is 0.0318. The predicted molar refractivity (Wildman–Crippen MR) is 48.6 cm³/mol. The highest BCUT2D eigenvalue weighted by Crippen LogP contribution is 2.22. The van der Waals surface area contributed by atoms with E-state index < -0.39 is 12.3 Å². The van der Waals surface area contributed by atoms with Crippen LogP contribution in [-0.2, 0) is 0 Å². The number of halogens is 2. The van der Waals surface area contributed by atoms with Gasteiger partial charge in [0.25, 0.3) is 0 Å². The van der Waals surface area contributed by atoms with Crippen LogP contribution in [0.5, 0.6) is 0 Å². The van der Waals surface area contributed by atoms with Gasteiger partial charge in [0.15, 0.2) is 5.84 Å². The molecule has 0 unspecified atom stereocenters. The van der Waals surface area contributed by atoms with Crippen molar-refractivity contribution in [3.8, 4) is 0 Å². The minimum absolute atomic E-state index is 0.0694. The highest BCUT2D eigenvalue weighted by atomic mass is 19.3. The molecule has 6 heteroatoms. The summed E-state index contributed by atoms with van der Waals surface area (Å²) in [6.07, 6.45) is -0.969. The van der Waals surface area contributed by atoms with Crippen molar-refractivity contribution in [2.75, 3.05) is 19.6 Å². The van der Waals surface area contributed by atoms with Crippen LogP contribution in [0.2, 0.25) is 0 Å². The maximum atomic E-state index is 12.4. The minimum atomic E-state index is -2.27. The number of rotatable bonds is 3. The van der Waals surface area contributed by atoms with E-state index >= 15 is 0 Å². The number of alkyl halides is 2. The minimum Gasteiger partial charge on any atom is -0.409 e. The maximum Gasteiger partial charge on any atom is 0.242 e. The first kappa shape index (κ1) is 11.2. The quantitative estimate of drug-likeness (QED) is 0.310. The van der Waals surface area contributed by atoms with Gasteiger partial charge in [0.2, 0.25) is 6.43 Å². The van der Waals surface area contributed by atoms with E-state index in [9.17, 15) is 8.78 Å². The van der Waals surface area contributed by atoms with Gasteiger partial charge in [-0.2, -0.15) is 0 Å². The number of hydrogen-bond donors (Lipinski definition) is 2. The monoisotopic (exact) mass is 207 g/mol. The van der Waals surface area contributed by atoms with E-state index in [0.29, 0.717) is 13.0 Å². The summed E-state index contributed by atoms with van der Waals surface area (Å²) in [5.74, 6) is -0.504. The third-order valence-corrected chi connectivity index (χ3v) is 2.41. The fourth-order valence-electron chi connectivity index (χ4n) is 1.70. The Hall–Kier alpha value is -0.910. The molecule has 0 amide bonds. The van der Waals surface area contributed by atoms with Gasteiger partial charge in [-0.05, 0) is 19.4 Å². The van der Waals surface area contributed by atoms with Crippen LogP contribution in [0.4, 0.5) is 8.78 Å². The largest absolute Gasteiger partial charge is 0.409 e. The zero-order chi connectivity index (χ0) is 10.6. The fraction of sp³-hybridized carbons (Fsp3) is 0.875. The number of likely N-dealkylation sites (tertiary alicyclic amines) is 1. The van der Waals surface area contributed by atoms with Gasteiger partial charge in [0.1, 0.15) is 0 Å². The SMILES string of the molecule is NC(CN1CCC[C@@H](C(F)F)C1)=NO. The molecule has 1 aliphatic heterocycles. The van der Waals surface area contributed by atoms with E-state index in [4.69, 9.17) is 10.9 Å². The molecular formula is C8H15F2N3O. The number of piperidine rings is 1. The Morgan fingerprint density at radius 2 is 2.36 bits per heavy atom. The van der Waals surface area contributed by atoms with Crippen LogP contribution >= 0.6 is 0 Å². The third kappa shape index (κ3) is 3.10. The summed E-state index contributed by atoms with van der Waals surface area (Å²) in [7, 11) is 0. The van der Waals surface area contributed by atoms with Gasteiger partial charge in [-0.1, -0.05) is 5.16 Å². The summed E-state index contributed by atoms with van der Waals surface area (Å²) in [5, 5.41) is 11.1. The van der Waals surface area contributed by atoms with Crippen LogP contribution in [0.1, 0.15) is 12.8 Å². The Morgan fingerprint density at radius 3 is 2.93 bits per heavy atom.